The van der Waals surface area contributed by atoms with Crippen molar-refractivity contribution >= 4 is 0 Å². The van der Waals surface area contributed by atoms with Crippen LogP contribution in [0.2, 0.25) is 0 Å². The molecule has 0 aromatic heterocycles. The molecular formula is C9H16O2. The lowest BCUT2D eigenvalue weighted by Crippen LogP contribution is -2.16. The molecule has 0 saturated heterocycles. The summed E-state index contributed by atoms with van der Waals surface area (Å²) in [4.78, 5) is 0. The normalized spacial score (nSPS) is 18.2. The van der Waals surface area contributed by atoms with Gasteiger partial charge in [0.25, 0.3) is 0 Å². The Kier molecular flexibility index (Phi) is 2.80. The van der Waals surface area contributed by atoms with Gasteiger partial charge in [-0.3, -0.25) is 0 Å². The molecular weight excluding hydrogens is 140 g/mol. The van der Waals surface area contributed by atoms with Crippen LogP contribution >= 0.6 is 0 Å². The van der Waals surface area contributed by atoms with Crippen LogP contribution in [0.5, 0.6) is 0 Å². The molecule has 0 N–H and O–H groups in total. The maximum atomic E-state index is 5.50. The molecule has 0 spiro atoms. The van der Waals surface area contributed by atoms with Gasteiger partial charge in [0.05, 0.1) is 0 Å². The van der Waals surface area contributed by atoms with Gasteiger partial charge in [-0.1, -0.05) is 20.8 Å². The Morgan fingerprint density at radius 1 is 1.27 bits per heavy atom. The average molecular weight is 156 g/mol. The summed E-state index contributed by atoms with van der Waals surface area (Å²) >= 11 is 0. The van der Waals surface area contributed by atoms with Gasteiger partial charge in [0.15, 0.2) is 0 Å². The van der Waals surface area contributed by atoms with Crippen molar-refractivity contribution < 1.29 is 9.47 Å². The minimum atomic E-state index is 0.449. The summed E-state index contributed by atoms with van der Waals surface area (Å²) in [7, 11) is 0. The minimum absolute atomic E-state index is 0.449. The van der Waals surface area contributed by atoms with Gasteiger partial charge in [-0.05, 0) is 0 Å². The van der Waals surface area contributed by atoms with Crippen molar-refractivity contribution in [2.45, 2.75) is 27.2 Å². The third-order valence-electron chi connectivity index (χ3n) is 1.74. The summed E-state index contributed by atoms with van der Waals surface area (Å²) in [5.41, 5.74) is 0. The molecule has 0 saturated carbocycles. The van der Waals surface area contributed by atoms with E-state index >= 15 is 0 Å². The van der Waals surface area contributed by atoms with E-state index in [9.17, 15) is 0 Å². The number of ether oxygens (including phenoxy) is 2. The average Bonchev–Trinajstić information content (AvgIpc) is 2.04. The van der Waals surface area contributed by atoms with E-state index in [0.29, 0.717) is 19.1 Å². The summed E-state index contributed by atoms with van der Waals surface area (Å²) < 4.78 is 11.0. The van der Waals surface area contributed by atoms with E-state index in [-0.39, 0.29) is 0 Å². The van der Waals surface area contributed by atoms with Crippen molar-refractivity contribution in [3.63, 3.8) is 0 Å². The number of rotatable bonds is 2. The van der Waals surface area contributed by atoms with Gasteiger partial charge in [-0.15, -0.1) is 0 Å². The molecule has 64 valence electrons. The van der Waals surface area contributed by atoms with Crippen molar-refractivity contribution in [2.75, 3.05) is 13.2 Å². The van der Waals surface area contributed by atoms with Gasteiger partial charge in [-0.25, -0.2) is 0 Å². The Morgan fingerprint density at radius 3 is 2.36 bits per heavy atom. The van der Waals surface area contributed by atoms with Crippen LogP contribution in [0.1, 0.15) is 27.2 Å². The van der Waals surface area contributed by atoms with Crippen LogP contribution in [0, 0.1) is 5.92 Å². The highest BCUT2D eigenvalue weighted by Gasteiger charge is 2.16. The first kappa shape index (κ1) is 8.44. The predicted molar refractivity (Wildman–Crippen MR) is 44.1 cm³/mol. The molecule has 1 rings (SSSR count). The van der Waals surface area contributed by atoms with E-state index in [1.54, 1.807) is 0 Å². The molecule has 0 aliphatic carbocycles. The molecule has 0 amide bonds. The van der Waals surface area contributed by atoms with E-state index in [4.69, 9.17) is 9.47 Å². The highest BCUT2D eigenvalue weighted by atomic mass is 16.6. The fourth-order valence-electron chi connectivity index (χ4n) is 1.23. The van der Waals surface area contributed by atoms with Crippen LogP contribution in [0.3, 0.4) is 0 Å². The molecule has 0 unspecified atom stereocenters. The van der Waals surface area contributed by atoms with E-state index in [0.717, 1.165) is 17.9 Å². The lowest BCUT2D eigenvalue weighted by atomic mass is 10.1. The first-order chi connectivity index (χ1) is 5.25. The predicted octanol–water partition coefficient (Wildman–Crippen LogP) is 2.31. The van der Waals surface area contributed by atoms with Gasteiger partial charge >= 0.3 is 0 Å². The molecule has 0 bridgehead atoms. The molecule has 1 aliphatic heterocycles. The zero-order chi connectivity index (χ0) is 8.27. The van der Waals surface area contributed by atoms with Crippen molar-refractivity contribution in [1.82, 2.24) is 0 Å². The van der Waals surface area contributed by atoms with Crippen molar-refractivity contribution in [2.24, 2.45) is 5.92 Å². The zero-order valence-corrected chi connectivity index (χ0v) is 7.52. The van der Waals surface area contributed by atoms with E-state index in [1.165, 1.54) is 0 Å². The van der Waals surface area contributed by atoms with Crippen LogP contribution in [0.25, 0.3) is 0 Å². The highest BCUT2D eigenvalue weighted by Crippen LogP contribution is 2.22. The molecule has 2 heteroatoms. The highest BCUT2D eigenvalue weighted by molar-refractivity contribution is 5.05. The molecule has 1 heterocycles. The summed E-state index contributed by atoms with van der Waals surface area (Å²) in [5, 5.41) is 0. The number of hydrogen-bond donors (Lipinski definition) is 0. The van der Waals surface area contributed by atoms with Gasteiger partial charge in [0.2, 0.25) is 0 Å². The third-order valence-corrected chi connectivity index (χ3v) is 1.74. The van der Waals surface area contributed by atoms with Crippen LogP contribution < -0.4 is 0 Å². The van der Waals surface area contributed by atoms with E-state index in [2.05, 4.69) is 20.8 Å². The topological polar surface area (TPSA) is 18.5 Å². The smallest absolute Gasteiger partial charge is 0.136 e. The van der Waals surface area contributed by atoms with Gasteiger partial charge in [0, 0.05) is 12.3 Å². The molecule has 11 heavy (non-hydrogen) atoms. The molecule has 0 aromatic carbocycles. The summed E-state index contributed by atoms with van der Waals surface area (Å²) in [6, 6.07) is 0. The first-order valence-corrected chi connectivity index (χ1v) is 4.24. The molecule has 1 aliphatic rings. The fourth-order valence-corrected chi connectivity index (χ4v) is 1.23. The van der Waals surface area contributed by atoms with Crippen LogP contribution in [0.4, 0.5) is 0 Å². The van der Waals surface area contributed by atoms with E-state index < -0.39 is 0 Å². The lowest BCUT2D eigenvalue weighted by Gasteiger charge is -2.23. The van der Waals surface area contributed by atoms with Gasteiger partial charge < -0.3 is 9.47 Å². The Labute approximate surface area is 68.2 Å². The Bertz CT molecular complexity index is 159. The Hall–Kier alpha value is -0.660. The summed E-state index contributed by atoms with van der Waals surface area (Å²) in [6.45, 7) is 7.75. The number of hydrogen-bond acceptors (Lipinski definition) is 2. The maximum Gasteiger partial charge on any atom is 0.136 e. The Balaban J connectivity index is 2.73. The van der Waals surface area contributed by atoms with Crippen molar-refractivity contribution in [1.29, 1.82) is 0 Å². The monoisotopic (exact) mass is 156 g/mol. The molecule has 0 radical (unpaired) electrons. The maximum absolute atomic E-state index is 5.50. The second kappa shape index (κ2) is 3.65. The fraction of sp³-hybridized carbons (Fsp3) is 0.778. The molecule has 0 fully saturated rings. The largest absolute Gasteiger partial charge is 0.491 e. The summed E-state index contributed by atoms with van der Waals surface area (Å²) in [5.74, 6) is 2.52. The van der Waals surface area contributed by atoms with Crippen molar-refractivity contribution in [3.05, 3.63) is 11.5 Å². The second-order valence-corrected chi connectivity index (χ2v) is 2.99. The standard InChI is InChI=1S/C9H16O2/c1-4-8-9(7(2)3)11-6-5-10-8/h7H,4-6H2,1-3H3. The van der Waals surface area contributed by atoms with Crippen LogP contribution in [0.15, 0.2) is 11.5 Å². The molecule has 0 atom stereocenters. The minimum Gasteiger partial charge on any atom is -0.491 e. The van der Waals surface area contributed by atoms with Gasteiger partial charge in [0.1, 0.15) is 24.7 Å². The molecule has 0 aromatic rings. The van der Waals surface area contributed by atoms with Crippen LogP contribution in [-0.2, 0) is 9.47 Å². The number of allylic oxidation sites excluding steroid dienone is 2. The first-order valence-electron chi connectivity index (χ1n) is 4.24. The van der Waals surface area contributed by atoms with Crippen LogP contribution in [-0.4, -0.2) is 13.2 Å². The Morgan fingerprint density at radius 2 is 1.91 bits per heavy atom. The zero-order valence-electron chi connectivity index (χ0n) is 7.52. The molecule has 2 nitrogen and oxygen atoms in total. The summed E-state index contributed by atoms with van der Waals surface area (Å²) in [6.07, 6.45) is 0.938. The SMILES string of the molecule is CCC1=C(C(C)C)OCCO1. The quantitative estimate of drug-likeness (QED) is 0.610. The van der Waals surface area contributed by atoms with Gasteiger partial charge in [-0.2, -0.15) is 0 Å². The second-order valence-electron chi connectivity index (χ2n) is 2.99. The lowest BCUT2D eigenvalue weighted by molar-refractivity contribution is 0.0454. The third kappa shape index (κ3) is 1.88. The van der Waals surface area contributed by atoms with E-state index in [1.807, 2.05) is 0 Å². The van der Waals surface area contributed by atoms with Crippen molar-refractivity contribution in [3.8, 4) is 0 Å².